The normalized spacial score (nSPS) is 10.4. The molecule has 7 heteroatoms. The molecule has 0 aliphatic heterocycles. The second-order valence-corrected chi connectivity index (χ2v) is 6.09. The molecule has 0 bridgehead atoms. The van der Waals surface area contributed by atoms with Crippen LogP contribution >= 0.6 is 0 Å². The van der Waals surface area contributed by atoms with Gasteiger partial charge >= 0.3 is 5.97 Å². The maximum absolute atomic E-state index is 12.2. The first-order valence-corrected chi connectivity index (χ1v) is 8.25. The summed E-state index contributed by atoms with van der Waals surface area (Å²) < 4.78 is 11.0. The van der Waals surface area contributed by atoms with Crippen molar-refractivity contribution in [2.75, 3.05) is 19.7 Å². The van der Waals surface area contributed by atoms with Gasteiger partial charge in [0, 0.05) is 18.8 Å². The maximum Gasteiger partial charge on any atom is 0.323 e. The highest BCUT2D eigenvalue weighted by molar-refractivity contribution is 5.82. The number of amides is 1. The highest BCUT2D eigenvalue weighted by Crippen LogP contribution is 2.22. The van der Waals surface area contributed by atoms with E-state index < -0.39 is 5.97 Å². The molecule has 0 aliphatic rings. The monoisotopic (exact) mass is 358 g/mol. The second-order valence-electron chi connectivity index (χ2n) is 6.09. The van der Waals surface area contributed by atoms with Gasteiger partial charge in [-0.3, -0.25) is 9.59 Å². The van der Waals surface area contributed by atoms with E-state index in [2.05, 4.69) is 4.98 Å². The predicted octanol–water partition coefficient (Wildman–Crippen LogP) is 2.82. The topological polar surface area (TPSA) is 89.0 Å². The van der Waals surface area contributed by atoms with Gasteiger partial charge in [-0.2, -0.15) is 0 Å². The van der Waals surface area contributed by atoms with E-state index in [1.807, 2.05) is 19.9 Å². The molecular weight excluding hydrogens is 336 g/mol. The molecule has 1 aromatic carbocycles. The number of nitrogens with zero attached hydrogens (tertiary/aromatic N) is 2. The molecule has 0 unspecified atom stereocenters. The summed E-state index contributed by atoms with van der Waals surface area (Å²) in [7, 11) is 0. The van der Waals surface area contributed by atoms with E-state index in [0.29, 0.717) is 23.9 Å². The summed E-state index contributed by atoms with van der Waals surface area (Å²) in [6.07, 6.45) is 1.64. The molecular formula is C19H22N2O5. The standard InChI is InChI=1S/C19H22N2O5/c1-14(2)11-21(12-19(23)24)18(22)13-25-15-6-8-16(9-7-15)26-17-5-3-4-10-20-17/h3-10,14H,11-13H2,1-2H3,(H,23,24). The number of carbonyl (C=O) groups excluding carboxylic acids is 1. The van der Waals surface area contributed by atoms with Gasteiger partial charge in [-0.15, -0.1) is 0 Å². The molecule has 0 saturated carbocycles. The summed E-state index contributed by atoms with van der Waals surface area (Å²) in [5.41, 5.74) is 0. The number of hydrogen-bond acceptors (Lipinski definition) is 5. The first-order valence-electron chi connectivity index (χ1n) is 8.25. The summed E-state index contributed by atoms with van der Waals surface area (Å²) in [6, 6.07) is 12.1. The highest BCUT2D eigenvalue weighted by Gasteiger charge is 2.18. The SMILES string of the molecule is CC(C)CN(CC(=O)O)C(=O)COc1ccc(Oc2ccccn2)cc1. The fraction of sp³-hybridized carbons (Fsp3) is 0.316. The van der Waals surface area contributed by atoms with Gasteiger partial charge in [-0.25, -0.2) is 4.98 Å². The Bertz CT molecular complexity index is 716. The summed E-state index contributed by atoms with van der Waals surface area (Å²) in [5, 5.41) is 8.93. The van der Waals surface area contributed by atoms with Crippen molar-refractivity contribution >= 4 is 11.9 Å². The predicted molar refractivity (Wildman–Crippen MR) is 95.3 cm³/mol. The van der Waals surface area contributed by atoms with Gasteiger partial charge in [-0.05, 0) is 36.2 Å². The largest absolute Gasteiger partial charge is 0.484 e. The summed E-state index contributed by atoms with van der Waals surface area (Å²) in [6.45, 7) is 3.65. The average molecular weight is 358 g/mol. The van der Waals surface area contributed by atoms with E-state index in [1.165, 1.54) is 4.90 Å². The van der Waals surface area contributed by atoms with Crippen LogP contribution in [0.3, 0.4) is 0 Å². The smallest absolute Gasteiger partial charge is 0.323 e. The fourth-order valence-corrected chi connectivity index (χ4v) is 2.23. The molecule has 0 fully saturated rings. The zero-order valence-electron chi connectivity index (χ0n) is 14.8. The molecule has 0 atom stereocenters. The molecule has 0 radical (unpaired) electrons. The Hall–Kier alpha value is -3.09. The van der Waals surface area contributed by atoms with Crippen LogP contribution in [0.15, 0.2) is 48.7 Å². The highest BCUT2D eigenvalue weighted by atomic mass is 16.5. The quantitative estimate of drug-likeness (QED) is 0.741. The van der Waals surface area contributed by atoms with Crippen LogP contribution < -0.4 is 9.47 Å². The van der Waals surface area contributed by atoms with E-state index in [0.717, 1.165) is 0 Å². The molecule has 138 valence electrons. The van der Waals surface area contributed by atoms with Crippen molar-refractivity contribution in [1.29, 1.82) is 0 Å². The van der Waals surface area contributed by atoms with Gasteiger partial charge in [0.1, 0.15) is 18.0 Å². The van der Waals surface area contributed by atoms with Crippen molar-refractivity contribution in [1.82, 2.24) is 9.88 Å². The third-order valence-corrected chi connectivity index (χ3v) is 3.31. The van der Waals surface area contributed by atoms with Crippen LogP contribution in [0, 0.1) is 5.92 Å². The number of rotatable bonds is 9. The van der Waals surface area contributed by atoms with Crippen molar-refractivity contribution in [3.63, 3.8) is 0 Å². The van der Waals surface area contributed by atoms with Crippen molar-refractivity contribution in [2.45, 2.75) is 13.8 Å². The molecule has 1 N–H and O–H groups in total. The molecule has 26 heavy (non-hydrogen) atoms. The summed E-state index contributed by atoms with van der Waals surface area (Å²) in [5.74, 6) is 0.321. The van der Waals surface area contributed by atoms with E-state index in [9.17, 15) is 9.59 Å². The van der Waals surface area contributed by atoms with Crippen LogP contribution in [-0.4, -0.2) is 46.6 Å². The Morgan fingerprint density at radius 2 is 1.81 bits per heavy atom. The third-order valence-electron chi connectivity index (χ3n) is 3.31. The maximum atomic E-state index is 12.2. The number of ether oxygens (including phenoxy) is 2. The van der Waals surface area contributed by atoms with E-state index in [1.54, 1.807) is 42.6 Å². The fourth-order valence-electron chi connectivity index (χ4n) is 2.23. The number of benzene rings is 1. The number of pyridine rings is 1. The summed E-state index contributed by atoms with van der Waals surface area (Å²) in [4.78, 5) is 28.5. The molecule has 0 aliphatic carbocycles. The lowest BCUT2D eigenvalue weighted by molar-refractivity contribution is -0.145. The zero-order valence-corrected chi connectivity index (χ0v) is 14.8. The van der Waals surface area contributed by atoms with E-state index >= 15 is 0 Å². The molecule has 2 aromatic rings. The van der Waals surface area contributed by atoms with Crippen molar-refractivity contribution in [3.8, 4) is 17.4 Å². The molecule has 1 amide bonds. The molecule has 7 nitrogen and oxygen atoms in total. The van der Waals surface area contributed by atoms with Crippen LogP contribution in [0.4, 0.5) is 0 Å². The number of aromatic nitrogens is 1. The van der Waals surface area contributed by atoms with Crippen LogP contribution in [0.1, 0.15) is 13.8 Å². The van der Waals surface area contributed by atoms with Crippen molar-refractivity contribution in [2.24, 2.45) is 5.92 Å². The minimum absolute atomic E-state index is 0.168. The number of aliphatic carboxylic acids is 1. The zero-order chi connectivity index (χ0) is 18.9. The Balaban J connectivity index is 1.89. The Morgan fingerprint density at radius 1 is 1.12 bits per heavy atom. The Labute approximate surface area is 152 Å². The van der Waals surface area contributed by atoms with Crippen LogP contribution in [0.5, 0.6) is 17.4 Å². The van der Waals surface area contributed by atoms with Crippen LogP contribution in [0.2, 0.25) is 0 Å². The number of carboxylic acid groups (broad SMARTS) is 1. The third kappa shape index (κ3) is 6.43. The van der Waals surface area contributed by atoms with Gasteiger partial charge in [0.05, 0.1) is 0 Å². The lowest BCUT2D eigenvalue weighted by Crippen LogP contribution is -2.40. The number of carboxylic acids is 1. The summed E-state index contributed by atoms with van der Waals surface area (Å²) >= 11 is 0. The van der Waals surface area contributed by atoms with Gasteiger partial charge in [0.2, 0.25) is 5.88 Å². The molecule has 0 saturated heterocycles. The molecule has 1 heterocycles. The lowest BCUT2D eigenvalue weighted by Gasteiger charge is -2.22. The average Bonchev–Trinajstić information content (AvgIpc) is 2.60. The van der Waals surface area contributed by atoms with E-state index in [4.69, 9.17) is 14.6 Å². The minimum atomic E-state index is -1.05. The van der Waals surface area contributed by atoms with E-state index in [-0.39, 0.29) is 25.0 Å². The van der Waals surface area contributed by atoms with Crippen molar-refractivity contribution in [3.05, 3.63) is 48.7 Å². The molecule has 2 rings (SSSR count). The Morgan fingerprint density at radius 3 is 2.38 bits per heavy atom. The molecule has 0 spiro atoms. The lowest BCUT2D eigenvalue weighted by atomic mass is 10.2. The Kier molecular flexibility index (Phi) is 6.96. The number of carbonyl (C=O) groups is 2. The van der Waals surface area contributed by atoms with Gasteiger partial charge in [0.15, 0.2) is 6.61 Å². The minimum Gasteiger partial charge on any atom is -0.484 e. The first kappa shape index (κ1) is 19.2. The molecule has 1 aromatic heterocycles. The van der Waals surface area contributed by atoms with Gasteiger partial charge in [0.25, 0.3) is 5.91 Å². The van der Waals surface area contributed by atoms with Gasteiger partial charge < -0.3 is 19.5 Å². The van der Waals surface area contributed by atoms with Crippen molar-refractivity contribution < 1.29 is 24.2 Å². The number of hydrogen-bond donors (Lipinski definition) is 1. The van der Waals surface area contributed by atoms with Crippen LogP contribution in [0.25, 0.3) is 0 Å². The second kappa shape index (κ2) is 9.41. The first-order chi connectivity index (χ1) is 12.4. The van der Waals surface area contributed by atoms with Gasteiger partial charge in [-0.1, -0.05) is 19.9 Å². The van der Waals surface area contributed by atoms with Crippen LogP contribution in [-0.2, 0) is 9.59 Å².